The summed E-state index contributed by atoms with van der Waals surface area (Å²) in [7, 11) is 0. The first-order valence-electron chi connectivity index (χ1n) is 8.45. The van der Waals surface area contributed by atoms with E-state index in [-0.39, 0.29) is 18.6 Å². The number of benzene rings is 2. The highest BCUT2D eigenvalue weighted by molar-refractivity contribution is 5.85. The molecular weight excluding hydrogens is 312 g/mol. The van der Waals surface area contributed by atoms with Crippen molar-refractivity contribution in [3.8, 4) is 5.75 Å². The minimum Gasteiger partial charge on any atom is -0.481 e. The first-order chi connectivity index (χ1) is 12.1. The predicted octanol–water partition coefficient (Wildman–Crippen LogP) is 4.05. The maximum Gasteiger partial charge on any atom is 0.261 e. The van der Waals surface area contributed by atoms with Crippen LogP contribution in [0, 0.1) is 0 Å². The lowest BCUT2D eigenvalue weighted by Gasteiger charge is -2.27. The Balaban J connectivity index is 1.71. The number of aromatic nitrogens is 1. The fourth-order valence-corrected chi connectivity index (χ4v) is 2.75. The summed E-state index contributed by atoms with van der Waals surface area (Å²) < 4.78 is 5.80. The fraction of sp³-hybridized carbons (Fsp3) is 0.238. The second-order valence-corrected chi connectivity index (χ2v) is 6.22. The van der Waals surface area contributed by atoms with Gasteiger partial charge in [-0.05, 0) is 31.5 Å². The molecule has 0 aliphatic carbocycles. The van der Waals surface area contributed by atoms with Crippen molar-refractivity contribution in [1.29, 1.82) is 0 Å². The molecule has 3 rings (SSSR count). The van der Waals surface area contributed by atoms with Gasteiger partial charge in [0.2, 0.25) is 0 Å². The molecule has 1 aromatic heterocycles. The van der Waals surface area contributed by atoms with Crippen molar-refractivity contribution in [2.24, 2.45) is 0 Å². The minimum absolute atomic E-state index is 0.000696. The van der Waals surface area contributed by atoms with Crippen molar-refractivity contribution in [3.05, 3.63) is 72.4 Å². The number of para-hydroxylation sites is 1. The van der Waals surface area contributed by atoms with Crippen LogP contribution in [0.25, 0.3) is 10.9 Å². The number of amides is 1. The number of carbonyl (C=O) groups is 1. The number of fused-ring (bicyclic) bond motifs is 1. The van der Waals surface area contributed by atoms with Crippen LogP contribution in [-0.2, 0) is 11.3 Å². The molecule has 0 atom stereocenters. The molecule has 25 heavy (non-hydrogen) atoms. The van der Waals surface area contributed by atoms with Gasteiger partial charge in [-0.3, -0.25) is 9.78 Å². The van der Waals surface area contributed by atoms with Crippen LogP contribution in [0.1, 0.15) is 19.4 Å². The molecule has 0 bridgehead atoms. The van der Waals surface area contributed by atoms with E-state index in [0.29, 0.717) is 12.3 Å². The lowest BCUT2D eigenvalue weighted by molar-refractivity contribution is -0.135. The van der Waals surface area contributed by atoms with Crippen molar-refractivity contribution >= 4 is 16.8 Å². The van der Waals surface area contributed by atoms with Crippen LogP contribution < -0.4 is 4.74 Å². The van der Waals surface area contributed by atoms with Crippen molar-refractivity contribution in [2.75, 3.05) is 6.61 Å². The summed E-state index contributed by atoms with van der Waals surface area (Å²) in [4.78, 5) is 18.9. The minimum atomic E-state index is -0.0354. The quantitative estimate of drug-likeness (QED) is 0.683. The Hall–Kier alpha value is -2.88. The Morgan fingerprint density at radius 2 is 1.80 bits per heavy atom. The Morgan fingerprint density at radius 1 is 1.04 bits per heavy atom. The number of rotatable bonds is 6. The number of hydrogen-bond acceptors (Lipinski definition) is 3. The molecule has 2 aromatic carbocycles. The Labute approximate surface area is 148 Å². The van der Waals surface area contributed by atoms with Gasteiger partial charge in [0.1, 0.15) is 11.3 Å². The molecule has 0 aliphatic heterocycles. The van der Waals surface area contributed by atoms with Crippen molar-refractivity contribution in [2.45, 2.75) is 26.4 Å². The van der Waals surface area contributed by atoms with Crippen LogP contribution in [0.2, 0.25) is 0 Å². The zero-order valence-corrected chi connectivity index (χ0v) is 14.6. The van der Waals surface area contributed by atoms with Gasteiger partial charge in [0.25, 0.3) is 5.91 Å². The van der Waals surface area contributed by atoms with Crippen molar-refractivity contribution in [1.82, 2.24) is 9.88 Å². The van der Waals surface area contributed by atoms with Gasteiger partial charge in [-0.25, -0.2) is 0 Å². The van der Waals surface area contributed by atoms with Crippen LogP contribution in [-0.4, -0.2) is 28.4 Å². The van der Waals surface area contributed by atoms with Crippen LogP contribution in [0.3, 0.4) is 0 Å². The molecule has 0 saturated heterocycles. The molecular formula is C21H22N2O2. The third kappa shape index (κ3) is 4.15. The van der Waals surface area contributed by atoms with E-state index in [4.69, 9.17) is 4.74 Å². The van der Waals surface area contributed by atoms with Gasteiger partial charge in [-0.1, -0.05) is 48.5 Å². The number of nitrogens with zero attached hydrogens (tertiary/aromatic N) is 2. The van der Waals surface area contributed by atoms with Gasteiger partial charge in [-0.15, -0.1) is 0 Å². The van der Waals surface area contributed by atoms with Crippen LogP contribution in [0.15, 0.2) is 66.9 Å². The molecule has 0 unspecified atom stereocenters. The van der Waals surface area contributed by atoms with Crippen LogP contribution >= 0.6 is 0 Å². The highest BCUT2D eigenvalue weighted by Crippen LogP contribution is 2.23. The number of hydrogen-bond donors (Lipinski definition) is 0. The zero-order chi connectivity index (χ0) is 17.6. The van der Waals surface area contributed by atoms with Gasteiger partial charge >= 0.3 is 0 Å². The zero-order valence-electron chi connectivity index (χ0n) is 14.6. The summed E-state index contributed by atoms with van der Waals surface area (Å²) in [6.45, 7) is 4.61. The van der Waals surface area contributed by atoms with Gasteiger partial charge in [0, 0.05) is 24.2 Å². The monoisotopic (exact) mass is 334 g/mol. The summed E-state index contributed by atoms with van der Waals surface area (Å²) in [5.41, 5.74) is 1.88. The predicted molar refractivity (Wildman–Crippen MR) is 99.4 cm³/mol. The lowest BCUT2D eigenvalue weighted by atomic mass is 10.2. The summed E-state index contributed by atoms with van der Waals surface area (Å²) in [6.07, 6.45) is 1.73. The van der Waals surface area contributed by atoms with E-state index >= 15 is 0 Å². The summed E-state index contributed by atoms with van der Waals surface area (Å²) in [5.74, 6) is 0.599. The molecule has 0 spiro atoms. The highest BCUT2D eigenvalue weighted by Gasteiger charge is 2.18. The highest BCUT2D eigenvalue weighted by atomic mass is 16.5. The SMILES string of the molecule is CC(C)N(Cc1ccccc1)C(=O)COc1cccc2cccnc12. The van der Waals surface area contributed by atoms with E-state index in [2.05, 4.69) is 4.98 Å². The Bertz CT molecular complexity index is 841. The van der Waals surface area contributed by atoms with E-state index in [1.165, 1.54) is 0 Å². The molecule has 1 heterocycles. The second kappa shape index (κ2) is 7.79. The molecule has 4 heteroatoms. The molecule has 0 N–H and O–H groups in total. The average molecular weight is 334 g/mol. The Kier molecular flexibility index (Phi) is 5.29. The van der Waals surface area contributed by atoms with Crippen molar-refractivity contribution < 1.29 is 9.53 Å². The maximum atomic E-state index is 12.7. The summed E-state index contributed by atoms with van der Waals surface area (Å²) in [5, 5.41) is 0.998. The average Bonchev–Trinajstić information content (AvgIpc) is 2.64. The van der Waals surface area contributed by atoms with Gasteiger partial charge in [-0.2, -0.15) is 0 Å². The molecule has 0 radical (unpaired) electrons. The third-order valence-electron chi connectivity index (χ3n) is 4.09. The van der Waals surface area contributed by atoms with Crippen LogP contribution in [0.5, 0.6) is 5.75 Å². The van der Waals surface area contributed by atoms with Gasteiger partial charge < -0.3 is 9.64 Å². The fourth-order valence-electron chi connectivity index (χ4n) is 2.75. The van der Waals surface area contributed by atoms with E-state index < -0.39 is 0 Å². The first-order valence-corrected chi connectivity index (χ1v) is 8.45. The van der Waals surface area contributed by atoms with E-state index in [0.717, 1.165) is 16.5 Å². The van der Waals surface area contributed by atoms with Crippen LogP contribution in [0.4, 0.5) is 0 Å². The standard InChI is InChI=1S/C21H22N2O2/c1-16(2)23(14-17-8-4-3-5-9-17)20(24)15-25-19-12-6-10-18-11-7-13-22-21(18)19/h3-13,16H,14-15H2,1-2H3. The third-order valence-corrected chi connectivity index (χ3v) is 4.09. The number of pyridine rings is 1. The number of carbonyl (C=O) groups excluding carboxylic acids is 1. The summed E-state index contributed by atoms with van der Waals surface area (Å²) in [6, 6.07) is 19.7. The van der Waals surface area contributed by atoms with E-state index in [1.807, 2.05) is 79.4 Å². The molecule has 4 nitrogen and oxygen atoms in total. The molecule has 3 aromatic rings. The maximum absolute atomic E-state index is 12.7. The van der Waals surface area contributed by atoms with Gasteiger partial charge in [0.05, 0.1) is 0 Å². The topological polar surface area (TPSA) is 42.4 Å². The molecule has 0 fully saturated rings. The normalized spacial score (nSPS) is 10.8. The van der Waals surface area contributed by atoms with E-state index in [9.17, 15) is 4.79 Å². The lowest BCUT2D eigenvalue weighted by Crippen LogP contribution is -2.39. The molecule has 1 amide bonds. The van der Waals surface area contributed by atoms with Crippen molar-refractivity contribution in [3.63, 3.8) is 0 Å². The Morgan fingerprint density at radius 3 is 2.56 bits per heavy atom. The summed E-state index contributed by atoms with van der Waals surface area (Å²) >= 11 is 0. The van der Waals surface area contributed by atoms with E-state index in [1.54, 1.807) is 6.20 Å². The molecule has 0 saturated carbocycles. The first kappa shape index (κ1) is 17.0. The smallest absolute Gasteiger partial charge is 0.261 e. The second-order valence-electron chi connectivity index (χ2n) is 6.22. The number of ether oxygens (including phenoxy) is 1. The largest absolute Gasteiger partial charge is 0.481 e. The molecule has 128 valence electrons. The molecule has 0 aliphatic rings. The van der Waals surface area contributed by atoms with Gasteiger partial charge in [0.15, 0.2) is 6.61 Å².